The second-order valence-corrected chi connectivity index (χ2v) is 16.4. The molecule has 2 nitrogen and oxygen atoms in total. The molecular formula is C58H40N2S. The van der Waals surface area contributed by atoms with Crippen LogP contribution in [0.5, 0.6) is 0 Å². The molecule has 0 aliphatic carbocycles. The maximum Gasteiger partial charge on any atom is 0.0463 e. The molecule has 0 amide bonds. The van der Waals surface area contributed by atoms with Crippen LogP contribution in [0, 0.1) is 0 Å². The van der Waals surface area contributed by atoms with Gasteiger partial charge in [0.15, 0.2) is 0 Å². The molecule has 10 aromatic carbocycles. The highest BCUT2D eigenvalue weighted by atomic mass is 32.1. The van der Waals surface area contributed by atoms with Gasteiger partial charge in [0.05, 0.1) is 0 Å². The Morgan fingerprint density at radius 2 is 0.803 bits per heavy atom. The van der Waals surface area contributed by atoms with E-state index in [0.717, 1.165) is 39.6 Å². The molecule has 11 rings (SSSR count). The first-order chi connectivity index (χ1) is 30.2. The molecule has 0 fully saturated rings. The minimum atomic E-state index is 1.05. The molecule has 1 N–H and O–H groups in total. The summed E-state index contributed by atoms with van der Waals surface area (Å²) in [6.07, 6.45) is 0. The van der Waals surface area contributed by atoms with Gasteiger partial charge in [-0.05, 0) is 104 Å². The lowest BCUT2D eigenvalue weighted by Gasteiger charge is -2.26. The van der Waals surface area contributed by atoms with Gasteiger partial charge < -0.3 is 10.2 Å². The predicted octanol–water partition coefficient (Wildman–Crippen LogP) is 17.1. The van der Waals surface area contributed by atoms with Crippen molar-refractivity contribution in [1.29, 1.82) is 0 Å². The predicted molar refractivity (Wildman–Crippen MR) is 263 cm³/mol. The van der Waals surface area contributed by atoms with Crippen molar-refractivity contribution in [3.63, 3.8) is 0 Å². The highest BCUT2D eigenvalue weighted by molar-refractivity contribution is 7.27. The minimum absolute atomic E-state index is 1.05. The van der Waals surface area contributed by atoms with Gasteiger partial charge in [0.2, 0.25) is 0 Å². The second kappa shape index (κ2) is 15.8. The van der Waals surface area contributed by atoms with E-state index in [1.807, 2.05) is 11.3 Å². The fourth-order valence-corrected chi connectivity index (χ4v) is 9.99. The zero-order chi connectivity index (χ0) is 40.5. The Morgan fingerprint density at radius 3 is 1.52 bits per heavy atom. The molecule has 11 aromatic rings. The molecular weight excluding hydrogens is 757 g/mol. The van der Waals surface area contributed by atoms with Gasteiger partial charge in [-0.15, -0.1) is 11.3 Å². The minimum Gasteiger partial charge on any atom is -0.355 e. The summed E-state index contributed by atoms with van der Waals surface area (Å²) in [7, 11) is 0. The number of anilines is 5. The number of thiophene rings is 1. The first kappa shape index (κ1) is 36.4. The first-order valence-electron chi connectivity index (χ1n) is 20.7. The average Bonchev–Trinajstić information content (AvgIpc) is 3.73. The summed E-state index contributed by atoms with van der Waals surface area (Å²) >= 11 is 1.90. The first-order valence-corrected chi connectivity index (χ1v) is 21.6. The van der Waals surface area contributed by atoms with E-state index in [-0.39, 0.29) is 0 Å². The van der Waals surface area contributed by atoms with Crippen LogP contribution in [0.15, 0.2) is 237 Å². The van der Waals surface area contributed by atoms with E-state index < -0.39 is 0 Å². The van der Waals surface area contributed by atoms with Crippen LogP contribution in [0.25, 0.3) is 75.5 Å². The smallest absolute Gasteiger partial charge is 0.0463 e. The standard InChI is InChI=1S/C58H40N2S/c1-3-13-40(14-4-1)41-25-32-48(33-26-41)60(50-36-29-45(30-37-50)53-22-12-23-54-55-38-31-44-17-7-8-21-52(44)58(55)61-57(53)54)49-34-27-42(28-35-49)46-18-11-19-47(39-46)59-56-24-10-9-20-51(56)43-15-5-2-6-16-43/h1-39,59H. The van der Waals surface area contributed by atoms with E-state index in [9.17, 15) is 0 Å². The number of fused-ring (bicyclic) bond motifs is 5. The van der Waals surface area contributed by atoms with Gasteiger partial charge >= 0.3 is 0 Å². The molecule has 3 heteroatoms. The van der Waals surface area contributed by atoms with Gasteiger partial charge in [0.1, 0.15) is 0 Å². The average molecular weight is 797 g/mol. The van der Waals surface area contributed by atoms with Crippen molar-refractivity contribution in [1.82, 2.24) is 0 Å². The third kappa shape index (κ3) is 7.01. The summed E-state index contributed by atoms with van der Waals surface area (Å²) < 4.78 is 2.67. The normalized spacial score (nSPS) is 11.3. The third-order valence-electron chi connectivity index (χ3n) is 11.7. The van der Waals surface area contributed by atoms with Crippen molar-refractivity contribution in [2.24, 2.45) is 0 Å². The van der Waals surface area contributed by atoms with Gasteiger partial charge in [-0.3, -0.25) is 0 Å². The van der Waals surface area contributed by atoms with Crippen LogP contribution < -0.4 is 10.2 Å². The highest BCUT2D eigenvalue weighted by Gasteiger charge is 2.16. The Hall–Kier alpha value is -7.72. The second-order valence-electron chi connectivity index (χ2n) is 15.4. The SMILES string of the molecule is c1ccc(-c2ccc(N(c3ccc(-c4cccc(Nc5ccccc5-c5ccccc5)c4)cc3)c3ccc(-c4cccc5c4sc4c6ccccc6ccc54)cc3)cc2)cc1. The molecule has 0 atom stereocenters. The van der Waals surface area contributed by atoms with E-state index in [2.05, 4.69) is 247 Å². The summed E-state index contributed by atoms with van der Waals surface area (Å²) in [5, 5.41) is 8.93. The quantitative estimate of drug-likeness (QED) is 0.157. The molecule has 0 unspecified atom stereocenters. The van der Waals surface area contributed by atoms with Gasteiger partial charge in [0, 0.05) is 54.2 Å². The van der Waals surface area contributed by atoms with Gasteiger partial charge in [-0.2, -0.15) is 0 Å². The van der Waals surface area contributed by atoms with Crippen LogP contribution in [0.4, 0.5) is 28.4 Å². The number of rotatable bonds is 9. The zero-order valence-electron chi connectivity index (χ0n) is 33.4. The fraction of sp³-hybridized carbons (Fsp3) is 0. The number of para-hydroxylation sites is 1. The lowest BCUT2D eigenvalue weighted by molar-refractivity contribution is 1.28. The van der Waals surface area contributed by atoms with Crippen molar-refractivity contribution in [3.8, 4) is 44.5 Å². The number of hydrogen-bond donors (Lipinski definition) is 1. The maximum atomic E-state index is 3.70. The molecule has 0 saturated heterocycles. The Labute approximate surface area is 360 Å². The number of nitrogens with one attached hydrogen (secondary N) is 1. The van der Waals surface area contributed by atoms with Crippen molar-refractivity contribution in [2.45, 2.75) is 0 Å². The monoisotopic (exact) mass is 796 g/mol. The maximum absolute atomic E-state index is 3.70. The van der Waals surface area contributed by atoms with Gasteiger partial charge in [-0.1, -0.05) is 182 Å². The molecule has 0 aliphatic rings. The summed E-state index contributed by atoms with van der Waals surface area (Å²) in [6, 6.07) is 85.2. The number of nitrogens with zero attached hydrogens (tertiary/aromatic N) is 1. The van der Waals surface area contributed by atoms with Crippen LogP contribution in [0.2, 0.25) is 0 Å². The number of benzene rings is 10. The Balaban J connectivity index is 0.935. The van der Waals surface area contributed by atoms with Crippen LogP contribution in [-0.2, 0) is 0 Å². The van der Waals surface area contributed by atoms with Crippen molar-refractivity contribution in [3.05, 3.63) is 237 Å². The van der Waals surface area contributed by atoms with E-state index in [1.54, 1.807) is 0 Å². The summed E-state index contributed by atoms with van der Waals surface area (Å²) in [6.45, 7) is 0. The van der Waals surface area contributed by atoms with E-state index in [1.165, 1.54) is 64.3 Å². The molecule has 0 saturated carbocycles. The van der Waals surface area contributed by atoms with Crippen LogP contribution >= 0.6 is 11.3 Å². The van der Waals surface area contributed by atoms with E-state index >= 15 is 0 Å². The Bertz CT molecular complexity index is 3300. The molecule has 1 aromatic heterocycles. The molecule has 0 spiro atoms. The largest absolute Gasteiger partial charge is 0.355 e. The number of hydrogen-bond acceptors (Lipinski definition) is 3. The van der Waals surface area contributed by atoms with Crippen molar-refractivity contribution in [2.75, 3.05) is 10.2 Å². The van der Waals surface area contributed by atoms with Crippen LogP contribution in [0.1, 0.15) is 0 Å². The van der Waals surface area contributed by atoms with Gasteiger partial charge in [0.25, 0.3) is 0 Å². The zero-order valence-corrected chi connectivity index (χ0v) is 34.2. The summed E-state index contributed by atoms with van der Waals surface area (Å²) in [4.78, 5) is 2.35. The molecule has 288 valence electrons. The summed E-state index contributed by atoms with van der Waals surface area (Å²) in [5.74, 6) is 0. The van der Waals surface area contributed by atoms with Crippen LogP contribution in [0.3, 0.4) is 0 Å². The Morgan fingerprint density at radius 1 is 0.311 bits per heavy atom. The summed E-state index contributed by atoms with van der Waals surface area (Å²) in [5.41, 5.74) is 15.0. The lowest BCUT2D eigenvalue weighted by Crippen LogP contribution is -2.09. The molecule has 1 heterocycles. The van der Waals surface area contributed by atoms with Gasteiger partial charge in [-0.25, -0.2) is 0 Å². The lowest BCUT2D eigenvalue weighted by atomic mass is 10.0. The topological polar surface area (TPSA) is 15.3 Å². The van der Waals surface area contributed by atoms with Crippen molar-refractivity contribution < 1.29 is 0 Å². The Kier molecular flexibility index (Phi) is 9.42. The fourth-order valence-electron chi connectivity index (χ4n) is 8.62. The third-order valence-corrected chi connectivity index (χ3v) is 13.0. The molecule has 0 aliphatic heterocycles. The molecule has 61 heavy (non-hydrogen) atoms. The van der Waals surface area contributed by atoms with E-state index in [0.29, 0.717) is 0 Å². The van der Waals surface area contributed by atoms with Crippen molar-refractivity contribution >= 4 is 70.7 Å². The highest BCUT2D eigenvalue weighted by Crippen LogP contribution is 2.44. The van der Waals surface area contributed by atoms with Crippen LogP contribution in [-0.4, -0.2) is 0 Å². The van der Waals surface area contributed by atoms with E-state index in [4.69, 9.17) is 0 Å². The molecule has 0 radical (unpaired) electrons. The molecule has 0 bridgehead atoms.